The van der Waals surface area contributed by atoms with Crippen LogP contribution in [0.2, 0.25) is 0 Å². The van der Waals surface area contributed by atoms with Crippen LogP contribution >= 0.6 is 11.3 Å². The van der Waals surface area contributed by atoms with E-state index in [0.717, 1.165) is 12.0 Å². The van der Waals surface area contributed by atoms with Gasteiger partial charge in [-0.1, -0.05) is 50.6 Å². The van der Waals surface area contributed by atoms with Crippen LogP contribution in [0.3, 0.4) is 0 Å². The van der Waals surface area contributed by atoms with Crippen molar-refractivity contribution in [1.82, 2.24) is 10.3 Å². The van der Waals surface area contributed by atoms with Crippen LogP contribution in [0.25, 0.3) is 0 Å². The molecule has 2 aromatic rings. The molecule has 128 valence electrons. The molecule has 1 aromatic heterocycles. The molecule has 0 spiro atoms. The first-order chi connectivity index (χ1) is 11.6. The highest BCUT2D eigenvalue weighted by molar-refractivity contribution is 7.13. The van der Waals surface area contributed by atoms with E-state index in [1.165, 1.54) is 11.3 Å². The van der Waals surface area contributed by atoms with E-state index in [2.05, 4.69) is 15.6 Å². The SMILES string of the molecule is CC[C@@H](C)[C@H](NC(=O)OCc1ccccc1)C(=O)Nc1nccs1. The van der Waals surface area contributed by atoms with Gasteiger partial charge in [-0.05, 0) is 11.5 Å². The van der Waals surface area contributed by atoms with Gasteiger partial charge in [-0.15, -0.1) is 11.3 Å². The van der Waals surface area contributed by atoms with Crippen LogP contribution in [0, 0.1) is 5.92 Å². The van der Waals surface area contributed by atoms with Crippen molar-refractivity contribution in [2.75, 3.05) is 5.32 Å². The molecule has 2 N–H and O–H groups in total. The Balaban J connectivity index is 1.92. The average molecular weight is 347 g/mol. The van der Waals surface area contributed by atoms with Crippen LogP contribution in [0.5, 0.6) is 0 Å². The Kier molecular flexibility index (Phi) is 6.74. The zero-order valence-electron chi connectivity index (χ0n) is 13.7. The lowest BCUT2D eigenvalue weighted by molar-refractivity contribution is -0.119. The first kappa shape index (κ1) is 17.9. The van der Waals surface area contributed by atoms with Crippen molar-refractivity contribution >= 4 is 28.5 Å². The summed E-state index contributed by atoms with van der Waals surface area (Å²) in [6.45, 7) is 4.03. The Morgan fingerprint density at radius 2 is 2.04 bits per heavy atom. The summed E-state index contributed by atoms with van der Waals surface area (Å²) in [5.41, 5.74) is 0.889. The Morgan fingerprint density at radius 3 is 2.67 bits per heavy atom. The Labute approximate surface area is 145 Å². The second-order valence-corrected chi connectivity index (χ2v) is 6.29. The molecule has 0 saturated heterocycles. The van der Waals surface area contributed by atoms with Gasteiger partial charge in [0.25, 0.3) is 0 Å². The van der Waals surface area contributed by atoms with Gasteiger partial charge in [-0.25, -0.2) is 9.78 Å². The standard InChI is InChI=1S/C17H21N3O3S/c1-3-12(2)14(15(21)20-16-18-9-10-24-16)19-17(22)23-11-13-7-5-4-6-8-13/h4-10,12,14H,3,11H2,1-2H3,(H,19,22)(H,18,20,21)/t12-,14+/m1/s1. The molecular formula is C17H21N3O3S. The van der Waals surface area contributed by atoms with Crippen molar-refractivity contribution in [3.05, 3.63) is 47.5 Å². The molecule has 0 saturated carbocycles. The third-order valence-corrected chi connectivity index (χ3v) is 4.33. The van der Waals surface area contributed by atoms with Crippen molar-refractivity contribution in [3.63, 3.8) is 0 Å². The number of ether oxygens (including phenoxy) is 1. The van der Waals surface area contributed by atoms with E-state index in [4.69, 9.17) is 4.74 Å². The molecule has 2 amide bonds. The van der Waals surface area contributed by atoms with E-state index in [-0.39, 0.29) is 18.4 Å². The van der Waals surface area contributed by atoms with E-state index in [0.29, 0.717) is 5.13 Å². The summed E-state index contributed by atoms with van der Waals surface area (Å²) in [7, 11) is 0. The minimum absolute atomic E-state index is 0.0331. The fraction of sp³-hybridized carbons (Fsp3) is 0.353. The van der Waals surface area contributed by atoms with E-state index in [9.17, 15) is 9.59 Å². The molecule has 7 heteroatoms. The fourth-order valence-electron chi connectivity index (χ4n) is 2.06. The molecule has 0 fully saturated rings. The van der Waals surface area contributed by atoms with Gasteiger partial charge in [0, 0.05) is 11.6 Å². The molecule has 1 heterocycles. The number of nitrogens with one attached hydrogen (secondary N) is 2. The number of anilines is 1. The van der Waals surface area contributed by atoms with Gasteiger partial charge in [0.2, 0.25) is 5.91 Å². The largest absolute Gasteiger partial charge is 0.445 e. The van der Waals surface area contributed by atoms with Gasteiger partial charge in [0.1, 0.15) is 12.6 Å². The number of hydrogen-bond donors (Lipinski definition) is 2. The second kappa shape index (κ2) is 9.02. The molecule has 6 nitrogen and oxygen atoms in total. The molecule has 1 aromatic carbocycles. The first-order valence-corrected chi connectivity index (χ1v) is 8.65. The smallest absolute Gasteiger partial charge is 0.408 e. The van der Waals surface area contributed by atoms with Gasteiger partial charge in [-0.3, -0.25) is 4.79 Å². The van der Waals surface area contributed by atoms with Crippen LogP contribution in [-0.4, -0.2) is 23.0 Å². The number of hydrogen-bond acceptors (Lipinski definition) is 5. The summed E-state index contributed by atoms with van der Waals surface area (Å²) in [5.74, 6) is -0.329. The lowest BCUT2D eigenvalue weighted by atomic mass is 9.98. The summed E-state index contributed by atoms with van der Waals surface area (Å²) >= 11 is 1.33. The molecular weight excluding hydrogens is 326 g/mol. The lowest BCUT2D eigenvalue weighted by Crippen LogP contribution is -2.47. The number of thiazole rings is 1. The molecule has 0 radical (unpaired) electrons. The quantitative estimate of drug-likeness (QED) is 0.804. The van der Waals surface area contributed by atoms with Crippen LogP contribution in [0.1, 0.15) is 25.8 Å². The average Bonchev–Trinajstić information content (AvgIpc) is 3.11. The maximum Gasteiger partial charge on any atom is 0.408 e. The highest BCUT2D eigenvalue weighted by Gasteiger charge is 2.27. The summed E-state index contributed by atoms with van der Waals surface area (Å²) in [6, 6.07) is 8.71. The number of amides is 2. The lowest BCUT2D eigenvalue weighted by Gasteiger charge is -2.22. The van der Waals surface area contributed by atoms with Crippen molar-refractivity contribution in [2.45, 2.75) is 32.9 Å². The number of benzene rings is 1. The predicted octanol–water partition coefficient (Wildman–Crippen LogP) is 3.42. The molecule has 0 aliphatic rings. The molecule has 0 bridgehead atoms. The zero-order valence-corrected chi connectivity index (χ0v) is 14.5. The molecule has 0 aliphatic heterocycles. The van der Waals surface area contributed by atoms with Crippen molar-refractivity contribution in [2.24, 2.45) is 5.92 Å². The van der Waals surface area contributed by atoms with E-state index < -0.39 is 12.1 Å². The Morgan fingerprint density at radius 1 is 1.29 bits per heavy atom. The first-order valence-electron chi connectivity index (χ1n) is 7.77. The number of aromatic nitrogens is 1. The third-order valence-electron chi connectivity index (χ3n) is 3.64. The highest BCUT2D eigenvalue weighted by Crippen LogP contribution is 2.14. The number of alkyl carbamates (subject to hydrolysis) is 1. The minimum atomic E-state index is -0.679. The van der Waals surface area contributed by atoms with E-state index in [1.807, 2.05) is 44.2 Å². The molecule has 2 rings (SSSR count). The maximum atomic E-state index is 12.4. The van der Waals surface area contributed by atoms with Crippen LogP contribution in [0.4, 0.5) is 9.93 Å². The second-order valence-electron chi connectivity index (χ2n) is 5.40. The van der Waals surface area contributed by atoms with E-state index in [1.54, 1.807) is 11.6 Å². The van der Waals surface area contributed by atoms with Crippen LogP contribution < -0.4 is 10.6 Å². The van der Waals surface area contributed by atoms with Gasteiger partial charge >= 0.3 is 6.09 Å². The summed E-state index contributed by atoms with van der Waals surface area (Å²) < 4.78 is 5.20. The van der Waals surface area contributed by atoms with Crippen LogP contribution in [0.15, 0.2) is 41.9 Å². The van der Waals surface area contributed by atoms with Gasteiger partial charge in [-0.2, -0.15) is 0 Å². The number of nitrogens with zero attached hydrogens (tertiary/aromatic N) is 1. The molecule has 24 heavy (non-hydrogen) atoms. The van der Waals surface area contributed by atoms with Crippen molar-refractivity contribution < 1.29 is 14.3 Å². The van der Waals surface area contributed by atoms with E-state index >= 15 is 0 Å². The number of carbonyl (C=O) groups excluding carboxylic acids is 2. The number of carbonyl (C=O) groups is 2. The van der Waals surface area contributed by atoms with Gasteiger partial charge < -0.3 is 15.4 Å². The summed E-state index contributed by atoms with van der Waals surface area (Å²) in [4.78, 5) is 28.5. The maximum absolute atomic E-state index is 12.4. The van der Waals surface area contributed by atoms with Gasteiger partial charge in [0.05, 0.1) is 0 Å². The highest BCUT2D eigenvalue weighted by atomic mass is 32.1. The number of rotatable bonds is 7. The molecule has 2 atom stereocenters. The van der Waals surface area contributed by atoms with Gasteiger partial charge in [0.15, 0.2) is 5.13 Å². The predicted molar refractivity (Wildman–Crippen MR) is 93.7 cm³/mol. The van der Waals surface area contributed by atoms with Crippen molar-refractivity contribution in [3.8, 4) is 0 Å². The fourth-order valence-corrected chi connectivity index (χ4v) is 2.59. The summed E-state index contributed by atoms with van der Waals surface area (Å²) in [5, 5.41) is 7.65. The Bertz CT molecular complexity index is 646. The molecule has 0 aliphatic carbocycles. The molecule has 0 unspecified atom stereocenters. The topological polar surface area (TPSA) is 80.3 Å². The third kappa shape index (κ3) is 5.34. The zero-order chi connectivity index (χ0) is 17.4. The monoisotopic (exact) mass is 347 g/mol. The van der Waals surface area contributed by atoms with Crippen LogP contribution in [-0.2, 0) is 16.1 Å². The van der Waals surface area contributed by atoms with Crippen molar-refractivity contribution in [1.29, 1.82) is 0 Å². The minimum Gasteiger partial charge on any atom is -0.445 e. The summed E-state index contributed by atoms with van der Waals surface area (Å²) in [6.07, 6.45) is 1.74. The normalized spacial score (nSPS) is 12.9. The Hall–Kier alpha value is -2.41.